The second kappa shape index (κ2) is 20.2. The number of carbonyl (C=O) groups excluding carboxylic acids is 4. The normalized spacial score (nSPS) is 18.2. The molecule has 4 N–H and O–H groups in total. The number of carbonyl (C=O) groups is 4. The summed E-state index contributed by atoms with van der Waals surface area (Å²) in [5, 5.41) is 18.5. The third-order valence-corrected chi connectivity index (χ3v) is 8.70. The van der Waals surface area contributed by atoms with Crippen LogP contribution in [0, 0.1) is 5.92 Å². The Kier molecular flexibility index (Phi) is 14.6. The molecule has 0 unspecified atom stereocenters. The van der Waals surface area contributed by atoms with Gasteiger partial charge in [0.1, 0.15) is 31.6 Å². The van der Waals surface area contributed by atoms with E-state index < -0.39 is 42.0 Å². The van der Waals surface area contributed by atoms with Crippen molar-refractivity contribution in [2.75, 3.05) is 13.2 Å². The Balaban J connectivity index is 1.20. The number of rotatable bonds is 13. The van der Waals surface area contributed by atoms with E-state index in [0.717, 1.165) is 16.7 Å². The summed E-state index contributed by atoms with van der Waals surface area (Å²) in [6, 6.07) is 33.2. The lowest BCUT2D eigenvalue weighted by Crippen LogP contribution is -2.44. The molecule has 276 valence electrons. The van der Waals surface area contributed by atoms with Crippen LogP contribution in [0.25, 0.3) is 0 Å². The maximum atomic E-state index is 13.7. The van der Waals surface area contributed by atoms with Gasteiger partial charge in [-0.25, -0.2) is 9.59 Å². The second-order valence-corrected chi connectivity index (χ2v) is 12.8. The number of nitrogens with one attached hydrogen (secondary N) is 3. The van der Waals surface area contributed by atoms with E-state index in [0.29, 0.717) is 24.3 Å². The molecule has 0 spiro atoms. The molecular weight excluding hydrogens is 674 g/mol. The topological polar surface area (TPSA) is 152 Å². The molecule has 1 aliphatic heterocycles. The Bertz CT molecular complexity index is 1790. The van der Waals surface area contributed by atoms with E-state index in [4.69, 9.17) is 14.2 Å². The summed E-state index contributed by atoms with van der Waals surface area (Å²) in [4.78, 5) is 52.8. The van der Waals surface area contributed by atoms with Gasteiger partial charge in [0.05, 0.1) is 24.6 Å². The lowest BCUT2D eigenvalue weighted by atomic mass is 9.97. The number of ether oxygens (including phenoxy) is 3. The number of alkyl carbamates (subject to hydrolysis) is 1. The Morgan fingerprint density at radius 2 is 1.42 bits per heavy atom. The van der Waals surface area contributed by atoms with E-state index >= 15 is 0 Å². The molecule has 0 bridgehead atoms. The van der Waals surface area contributed by atoms with Crippen LogP contribution >= 0.6 is 0 Å². The first kappa shape index (κ1) is 38.3. The van der Waals surface area contributed by atoms with Crippen molar-refractivity contribution in [3.63, 3.8) is 0 Å². The van der Waals surface area contributed by atoms with Crippen LogP contribution in [0.2, 0.25) is 0 Å². The molecule has 1 aliphatic rings. The zero-order valence-electron chi connectivity index (χ0n) is 29.4. The summed E-state index contributed by atoms with van der Waals surface area (Å²) in [5.41, 5.74) is 3.45. The SMILES string of the molecule is O=C(C[C@H]1CC=CC[C@@H](NC(=O)OCc2ccccc2)C(=O)OC[C@H](c2ccccc2)NC1=O)N[C@H](CO)Cc1ccc(OCc2ccccc2)cc1. The van der Waals surface area contributed by atoms with E-state index in [1.54, 1.807) is 36.4 Å². The number of aliphatic hydroxyl groups is 1. The summed E-state index contributed by atoms with van der Waals surface area (Å²) in [5.74, 6) is -1.52. The Hall–Kier alpha value is -5.94. The predicted octanol–water partition coefficient (Wildman–Crippen LogP) is 5.34. The third-order valence-electron chi connectivity index (χ3n) is 8.70. The summed E-state index contributed by atoms with van der Waals surface area (Å²) in [7, 11) is 0. The highest BCUT2D eigenvalue weighted by atomic mass is 16.6. The number of hydrogen-bond acceptors (Lipinski definition) is 8. The number of allylic oxidation sites excluding steroid dienone is 1. The summed E-state index contributed by atoms with van der Waals surface area (Å²) in [6.07, 6.45) is 3.10. The highest BCUT2D eigenvalue weighted by molar-refractivity contribution is 5.86. The molecule has 0 fully saturated rings. The average molecular weight is 720 g/mol. The molecule has 4 aromatic carbocycles. The maximum Gasteiger partial charge on any atom is 0.408 e. The van der Waals surface area contributed by atoms with E-state index in [9.17, 15) is 24.3 Å². The predicted molar refractivity (Wildman–Crippen MR) is 198 cm³/mol. The molecule has 11 nitrogen and oxygen atoms in total. The van der Waals surface area contributed by atoms with Crippen molar-refractivity contribution in [1.82, 2.24) is 16.0 Å². The Morgan fingerprint density at radius 3 is 2.08 bits per heavy atom. The van der Waals surface area contributed by atoms with E-state index in [2.05, 4.69) is 16.0 Å². The highest BCUT2D eigenvalue weighted by Gasteiger charge is 2.29. The smallest absolute Gasteiger partial charge is 0.408 e. The van der Waals surface area contributed by atoms with Crippen LogP contribution in [-0.2, 0) is 43.5 Å². The zero-order chi connectivity index (χ0) is 37.3. The van der Waals surface area contributed by atoms with Crippen LogP contribution in [-0.4, -0.2) is 54.3 Å². The summed E-state index contributed by atoms with van der Waals surface area (Å²) in [6.45, 7) is -0.0167. The Labute approximate surface area is 309 Å². The number of cyclic esters (lactones) is 1. The largest absolute Gasteiger partial charge is 0.489 e. The van der Waals surface area contributed by atoms with Crippen molar-refractivity contribution in [3.8, 4) is 5.75 Å². The van der Waals surface area contributed by atoms with Crippen molar-refractivity contribution in [2.45, 2.75) is 57.0 Å². The van der Waals surface area contributed by atoms with Gasteiger partial charge in [-0.2, -0.15) is 0 Å². The number of benzene rings is 4. The van der Waals surface area contributed by atoms with Crippen LogP contribution in [0.3, 0.4) is 0 Å². The molecule has 4 atom stereocenters. The van der Waals surface area contributed by atoms with Crippen molar-refractivity contribution >= 4 is 23.9 Å². The number of esters is 1. The lowest BCUT2D eigenvalue weighted by Gasteiger charge is -2.25. The first-order valence-corrected chi connectivity index (χ1v) is 17.7. The van der Waals surface area contributed by atoms with Crippen LogP contribution in [0.15, 0.2) is 127 Å². The second-order valence-electron chi connectivity index (χ2n) is 12.8. The molecule has 3 amide bonds. The quantitative estimate of drug-likeness (QED) is 0.107. The van der Waals surface area contributed by atoms with Crippen molar-refractivity contribution in [3.05, 3.63) is 150 Å². The van der Waals surface area contributed by atoms with Crippen LogP contribution in [0.4, 0.5) is 4.79 Å². The molecule has 0 aromatic heterocycles. The zero-order valence-corrected chi connectivity index (χ0v) is 29.4. The van der Waals surface area contributed by atoms with Gasteiger partial charge in [0.25, 0.3) is 0 Å². The van der Waals surface area contributed by atoms with Crippen molar-refractivity contribution in [1.29, 1.82) is 0 Å². The fourth-order valence-corrected chi connectivity index (χ4v) is 5.78. The van der Waals surface area contributed by atoms with Gasteiger partial charge in [-0.15, -0.1) is 0 Å². The maximum absolute atomic E-state index is 13.7. The minimum atomic E-state index is -1.04. The molecule has 0 saturated carbocycles. The molecule has 0 radical (unpaired) electrons. The molecule has 53 heavy (non-hydrogen) atoms. The molecule has 1 heterocycles. The molecular formula is C42H45N3O8. The Morgan fingerprint density at radius 1 is 0.792 bits per heavy atom. The fourth-order valence-electron chi connectivity index (χ4n) is 5.78. The van der Waals surface area contributed by atoms with Crippen LogP contribution in [0.5, 0.6) is 5.75 Å². The van der Waals surface area contributed by atoms with Gasteiger partial charge in [0, 0.05) is 6.42 Å². The fraction of sp³-hybridized carbons (Fsp3) is 0.286. The summed E-state index contributed by atoms with van der Waals surface area (Å²) >= 11 is 0. The van der Waals surface area contributed by atoms with Gasteiger partial charge >= 0.3 is 12.1 Å². The van der Waals surface area contributed by atoms with Crippen LogP contribution in [0.1, 0.15) is 47.6 Å². The average Bonchev–Trinajstić information content (AvgIpc) is 3.19. The summed E-state index contributed by atoms with van der Waals surface area (Å²) < 4.78 is 16.8. The number of aliphatic hydroxyl groups excluding tert-OH is 1. The molecule has 0 saturated heterocycles. The van der Waals surface area contributed by atoms with Crippen molar-refractivity contribution < 1.29 is 38.5 Å². The molecule has 4 aromatic rings. The van der Waals surface area contributed by atoms with Crippen LogP contribution < -0.4 is 20.7 Å². The third kappa shape index (κ3) is 12.7. The first-order chi connectivity index (χ1) is 25.9. The molecule has 0 aliphatic carbocycles. The van der Waals surface area contributed by atoms with E-state index in [-0.39, 0.29) is 45.0 Å². The number of amides is 3. The minimum Gasteiger partial charge on any atom is -0.489 e. The van der Waals surface area contributed by atoms with Gasteiger partial charge in [0.15, 0.2) is 0 Å². The van der Waals surface area contributed by atoms with Gasteiger partial charge in [-0.1, -0.05) is 115 Å². The van der Waals surface area contributed by atoms with Gasteiger partial charge in [-0.3, -0.25) is 9.59 Å². The van der Waals surface area contributed by atoms with E-state index in [1.807, 2.05) is 91.0 Å². The monoisotopic (exact) mass is 719 g/mol. The molecule has 5 rings (SSSR count). The first-order valence-electron chi connectivity index (χ1n) is 17.7. The minimum absolute atomic E-state index is 0.0315. The van der Waals surface area contributed by atoms with Gasteiger partial charge in [0.2, 0.25) is 11.8 Å². The highest BCUT2D eigenvalue weighted by Crippen LogP contribution is 2.20. The standard InChI is InChI=1S/C42H45N3O8/c46-26-35(24-30-20-22-36(23-21-30)51-27-31-12-4-1-5-13-31)43-39(47)25-34-18-10-11-19-37(45-42(50)53-28-32-14-6-2-7-15-32)41(49)52-29-38(44-40(34)48)33-16-8-3-9-17-33/h1-17,20-23,34-35,37-38,46H,18-19,24-29H2,(H,43,47)(H,44,48)(H,45,50)/t34-,35+,37-,38-/m1/s1. The molecule has 11 heteroatoms. The van der Waals surface area contributed by atoms with Gasteiger partial charge < -0.3 is 35.3 Å². The van der Waals surface area contributed by atoms with E-state index in [1.165, 1.54) is 0 Å². The number of hydrogen-bond donors (Lipinski definition) is 4. The lowest BCUT2D eigenvalue weighted by molar-refractivity contribution is -0.147. The van der Waals surface area contributed by atoms with Gasteiger partial charge in [-0.05, 0) is 53.6 Å². The van der Waals surface area contributed by atoms with Crippen molar-refractivity contribution in [2.24, 2.45) is 5.92 Å².